The second-order valence-electron chi connectivity index (χ2n) is 1.45. The summed E-state index contributed by atoms with van der Waals surface area (Å²) in [6.45, 7) is 4.11. The van der Waals surface area contributed by atoms with Crippen molar-refractivity contribution in [3.8, 4) is 0 Å². The van der Waals surface area contributed by atoms with Crippen molar-refractivity contribution in [1.82, 2.24) is 0 Å². The van der Waals surface area contributed by atoms with Crippen LogP contribution >= 0.6 is 23.1 Å². The van der Waals surface area contributed by atoms with Gasteiger partial charge in [0.05, 0.1) is 0 Å². The average molecular weight is 152 g/mol. The molecule has 0 fully saturated rings. The van der Waals surface area contributed by atoms with Crippen LogP contribution in [0, 0.1) is 0 Å². The van der Waals surface area contributed by atoms with Crippen molar-refractivity contribution in [2.75, 3.05) is 11.5 Å². The van der Waals surface area contributed by atoms with Crippen LogP contribution < -0.4 is 0 Å². The summed E-state index contributed by atoms with van der Waals surface area (Å²) in [4.78, 5) is 0. The highest BCUT2D eigenvalue weighted by Gasteiger charge is 2.00. The van der Waals surface area contributed by atoms with Crippen LogP contribution in [0.2, 0.25) is 0 Å². The Morgan fingerprint density at radius 3 is 1.88 bits per heavy atom. The molecule has 1 N–H and O–H groups in total. The van der Waals surface area contributed by atoms with Crippen LogP contribution in [0.4, 0.5) is 0 Å². The molecule has 0 heterocycles. The summed E-state index contributed by atoms with van der Waals surface area (Å²) >= 11 is 4.60. The minimum Gasteiger partial charge on any atom is -0.495 e. The van der Waals surface area contributed by atoms with Crippen LogP contribution in [-0.4, -0.2) is 21.0 Å². The zero-order valence-corrected chi connectivity index (χ0v) is 6.93. The first-order chi connectivity index (χ1) is 3.72. The number of hydrogen-bond donors (Lipinski definition) is 2. The van der Waals surface area contributed by atoms with E-state index in [4.69, 9.17) is 5.11 Å². The number of aliphatic hydroxyl groups is 1. The first kappa shape index (κ1) is 8.24. The van der Waals surface area contributed by atoms with E-state index in [2.05, 4.69) is 26.1 Å². The highest BCUT2D eigenvalue weighted by Crippen LogP contribution is 2.23. The molecule has 0 aromatic carbocycles. The molecule has 50 valence electrons. The molecule has 0 aromatic heterocycles. The SMILES string of the molecule is CC[SH](CC)C(O)=S. The van der Waals surface area contributed by atoms with Gasteiger partial charge in [-0.3, -0.25) is 0 Å². The molecule has 0 rings (SSSR count). The monoisotopic (exact) mass is 152 g/mol. The van der Waals surface area contributed by atoms with Gasteiger partial charge in [-0.05, 0) is 23.7 Å². The van der Waals surface area contributed by atoms with Crippen molar-refractivity contribution in [3.63, 3.8) is 0 Å². The van der Waals surface area contributed by atoms with Gasteiger partial charge in [0.2, 0.25) is 0 Å². The molecule has 0 saturated carbocycles. The van der Waals surface area contributed by atoms with E-state index in [0.29, 0.717) is 0 Å². The predicted molar refractivity (Wildman–Crippen MR) is 45.3 cm³/mol. The van der Waals surface area contributed by atoms with Gasteiger partial charge in [0.1, 0.15) is 0 Å². The van der Waals surface area contributed by atoms with Gasteiger partial charge in [0, 0.05) is 0 Å². The first-order valence-corrected chi connectivity index (χ1v) is 4.82. The molecule has 0 saturated heterocycles. The van der Waals surface area contributed by atoms with Crippen LogP contribution in [0.1, 0.15) is 13.8 Å². The van der Waals surface area contributed by atoms with Gasteiger partial charge in [-0.2, -0.15) is 10.9 Å². The topological polar surface area (TPSA) is 20.2 Å². The normalized spacial score (nSPS) is 11.0. The molecule has 0 aromatic rings. The molecule has 8 heavy (non-hydrogen) atoms. The summed E-state index contributed by atoms with van der Waals surface area (Å²) < 4.78 is 0.227. The van der Waals surface area contributed by atoms with Gasteiger partial charge in [-0.1, -0.05) is 13.8 Å². The third-order valence-electron chi connectivity index (χ3n) is 1.03. The Bertz CT molecular complexity index is 78.5. The van der Waals surface area contributed by atoms with Crippen molar-refractivity contribution in [2.45, 2.75) is 13.8 Å². The summed E-state index contributed by atoms with van der Waals surface area (Å²) in [6, 6.07) is 0. The Kier molecular flexibility index (Phi) is 4.28. The van der Waals surface area contributed by atoms with Crippen molar-refractivity contribution < 1.29 is 5.11 Å². The largest absolute Gasteiger partial charge is 0.495 e. The summed E-state index contributed by atoms with van der Waals surface area (Å²) in [5, 5.41) is 8.77. The molecule has 3 heteroatoms. The van der Waals surface area contributed by atoms with Crippen molar-refractivity contribution >= 4 is 27.5 Å². The molecule has 0 radical (unpaired) electrons. The molecule has 0 spiro atoms. The zero-order chi connectivity index (χ0) is 6.57. The summed E-state index contributed by atoms with van der Waals surface area (Å²) in [5.41, 5.74) is 0. The highest BCUT2D eigenvalue weighted by molar-refractivity contribution is 8.35. The molecule has 0 aliphatic heterocycles. The molecule has 0 amide bonds. The Labute approximate surface area is 58.4 Å². The Morgan fingerprint density at radius 2 is 1.88 bits per heavy atom. The molecule has 1 nitrogen and oxygen atoms in total. The summed E-state index contributed by atoms with van der Waals surface area (Å²) in [6.07, 6.45) is 0. The Hall–Kier alpha value is 0.240. The van der Waals surface area contributed by atoms with E-state index in [-0.39, 0.29) is 15.3 Å². The summed E-state index contributed by atoms with van der Waals surface area (Å²) in [7, 11) is -0.328. The van der Waals surface area contributed by atoms with Crippen molar-refractivity contribution in [2.24, 2.45) is 0 Å². The van der Waals surface area contributed by atoms with E-state index >= 15 is 0 Å². The third-order valence-corrected chi connectivity index (χ3v) is 3.88. The van der Waals surface area contributed by atoms with Gasteiger partial charge >= 0.3 is 0 Å². The van der Waals surface area contributed by atoms with Crippen LogP contribution in [0.5, 0.6) is 0 Å². The minimum absolute atomic E-state index is 0.227. The zero-order valence-electron chi connectivity index (χ0n) is 5.22. The smallest absolute Gasteiger partial charge is 0.197 e. The standard InChI is InChI=1S/C5H12OS2/c1-3-8(4-2)5(6)7/h8H,3-4H2,1-2H3,(H,6,7). The molecular weight excluding hydrogens is 140 g/mol. The van der Waals surface area contributed by atoms with E-state index < -0.39 is 0 Å². The number of rotatable bonds is 2. The van der Waals surface area contributed by atoms with Gasteiger partial charge < -0.3 is 5.11 Å². The van der Waals surface area contributed by atoms with E-state index in [1.807, 2.05) is 0 Å². The number of thiol groups is 1. The lowest BCUT2D eigenvalue weighted by Gasteiger charge is -2.11. The maximum atomic E-state index is 8.77. The van der Waals surface area contributed by atoms with E-state index in [1.54, 1.807) is 0 Å². The number of hydrogen-bond acceptors (Lipinski definition) is 1. The van der Waals surface area contributed by atoms with Crippen molar-refractivity contribution in [3.05, 3.63) is 0 Å². The lowest BCUT2D eigenvalue weighted by Crippen LogP contribution is -1.98. The summed E-state index contributed by atoms with van der Waals surface area (Å²) in [5.74, 6) is 2.03. The van der Waals surface area contributed by atoms with Gasteiger partial charge in [-0.15, -0.1) is 0 Å². The molecular formula is C5H12OS2. The second-order valence-corrected chi connectivity index (χ2v) is 4.91. The van der Waals surface area contributed by atoms with Gasteiger partial charge in [0.15, 0.2) is 4.38 Å². The van der Waals surface area contributed by atoms with Gasteiger partial charge in [-0.25, -0.2) is 0 Å². The van der Waals surface area contributed by atoms with E-state index in [1.165, 1.54) is 0 Å². The molecule has 0 aliphatic carbocycles. The molecule has 0 atom stereocenters. The fraction of sp³-hybridized carbons (Fsp3) is 0.800. The average Bonchev–Trinajstić information content (AvgIpc) is 1.69. The fourth-order valence-electron chi connectivity index (χ4n) is 0.494. The highest BCUT2D eigenvalue weighted by atomic mass is 32.2. The van der Waals surface area contributed by atoms with Crippen LogP contribution in [0.3, 0.4) is 0 Å². The van der Waals surface area contributed by atoms with Crippen LogP contribution in [0.15, 0.2) is 0 Å². The Balaban J connectivity index is 3.52. The lowest BCUT2D eigenvalue weighted by atomic mass is 11.0. The van der Waals surface area contributed by atoms with Crippen molar-refractivity contribution in [1.29, 1.82) is 0 Å². The maximum Gasteiger partial charge on any atom is 0.197 e. The van der Waals surface area contributed by atoms with E-state index in [9.17, 15) is 0 Å². The molecule has 0 aliphatic rings. The maximum absolute atomic E-state index is 8.77. The Morgan fingerprint density at radius 1 is 1.50 bits per heavy atom. The number of aliphatic hydroxyl groups excluding tert-OH is 1. The fourth-order valence-corrected chi connectivity index (χ4v) is 2.26. The molecule has 0 unspecified atom stereocenters. The second kappa shape index (κ2) is 4.15. The lowest BCUT2D eigenvalue weighted by molar-refractivity contribution is 0.585. The number of thiocarbonyl (C=S) groups is 1. The third kappa shape index (κ3) is 2.52. The first-order valence-electron chi connectivity index (χ1n) is 2.70. The van der Waals surface area contributed by atoms with E-state index in [0.717, 1.165) is 11.5 Å². The van der Waals surface area contributed by atoms with Crippen LogP contribution in [-0.2, 0) is 0 Å². The van der Waals surface area contributed by atoms with Crippen LogP contribution in [0.25, 0.3) is 0 Å². The quantitative estimate of drug-likeness (QED) is 0.465. The minimum atomic E-state index is -0.328. The molecule has 0 bridgehead atoms. The predicted octanol–water partition coefficient (Wildman–Crippen LogP) is 1.87. The van der Waals surface area contributed by atoms with Gasteiger partial charge in [0.25, 0.3) is 0 Å².